The van der Waals surface area contributed by atoms with Gasteiger partial charge in [-0.15, -0.1) is 0 Å². The van der Waals surface area contributed by atoms with E-state index in [-0.39, 0.29) is 0 Å². The molecule has 3 aromatic rings. The zero-order valence-electron chi connectivity index (χ0n) is 13.1. The predicted molar refractivity (Wildman–Crippen MR) is 98.1 cm³/mol. The van der Waals surface area contributed by atoms with Crippen LogP contribution in [-0.4, -0.2) is 13.9 Å². The van der Waals surface area contributed by atoms with Crippen molar-refractivity contribution in [3.63, 3.8) is 0 Å². The second-order valence-electron chi connectivity index (χ2n) is 5.66. The summed E-state index contributed by atoms with van der Waals surface area (Å²) in [6.45, 7) is 4.49. The molecule has 110 valence electrons. The van der Waals surface area contributed by atoms with Gasteiger partial charge >= 0.3 is 138 Å². The average molecular weight is 352 g/mol. The second-order valence-corrected chi connectivity index (χ2v) is 9.91. The molecule has 22 heavy (non-hydrogen) atoms. The third-order valence-electron chi connectivity index (χ3n) is 3.74. The second kappa shape index (κ2) is 6.96. The molecule has 3 rings (SSSR count). The van der Waals surface area contributed by atoms with Crippen molar-refractivity contribution in [2.45, 2.75) is 19.8 Å². The van der Waals surface area contributed by atoms with Gasteiger partial charge in [-0.2, -0.15) is 0 Å². The summed E-state index contributed by atoms with van der Waals surface area (Å²) in [5.41, 5.74) is 1.41. The molecular formula is C21H21Se+. The van der Waals surface area contributed by atoms with Crippen LogP contribution in [0.4, 0.5) is 0 Å². The molecule has 0 aliphatic heterocycles. The Morgan fingerprint density at radius 1 is 0.545 bits per heavy atom. The van der Waals surface area contributed by atoms with Gasteiger partial charge in [0.1, 0.15) is 0 Å². The molecule has 0 amide bonds. The van der Waals surface area contributed by atoms with Gasteiger partial charge in [-0.1, -0.05) is 0 Å². The number of hydrogen-bond donors (Lipinski definition) is 0. The molecule has 0 atom stereocenters. The summed E-state index contributed by atoms with van der Waals surface area (Å²) in [7, 11) is 0. The average Bonchev–Trinajstić information content (AvgIpc) is 2.57. The molecule has 0 spiro atoms. The van der Waals surface area contributed by atoms with Gasteiger partial charge in [0.2, 0.25) is 0 Å². The quantitative estimate of drug-likeness (QED) is 0.632. The van der Waals surface area contributed by atoms with E-state index in [1.54, 1.807) is 0 Å². The van der Waals surface area contributed by atoms with Crippen molar-refractivity contribution < 1.29 is 0 Å². The Bertz CT molecular complexity index is 660. The van der Waals surface area contributed by atoms with Gasteiger partial charge in [0.25, 0.3) is 0 Å². The fourth-order valence-corrected chi connectivity index (χ4v) is 6.88. The molecular weight excluding hydrogens is 331 g/mol. The van der Waals surface area contributed by atoms with Crippen molar-refractivity contribution in [3.8, 4) is 0 Å². The fourth-order valence-electron chi connectivity index (χ4n) is 2.51. The van der Waals surface area contributed by atoms with E-state index in [2.05, 4.69) is 98.8 Å². The third-order valence-corrected chi connectivity index (χ3v) is 8.42. The number of benzene rings is 3. The molecule has 0 aromatic heterocycles. The Hall–Kier alpha value is -1.82. The first-order valence-corrected chi connectivity index (χ1v) is 10.3. The molecule has 0 heterocycles. The van der Waals surface area contributed by atoms with Gasteiger partial charge in [-0.05, 0) is 0 Å². The first kappa shape index (κ1) is 15.1. The molecule has 0 aliphatic rings. The van der Waals surface area contributed by atoms with E-state index < -0.39 is 13.9 Å². The van der Waals surface area contributed by atoms with E-state index >= 15 is 0 Å². The Labute approximate surface area is 137 Å². The number of hydrogen-bond acceptors (Lipinski definition) is 0. The zero-order chi connectivity index (χ0) is 15.4. The van der Waals surface area contributed by atoms with Gasteiger partial charge < -0.3 is 0 Å². The predicted octanol–water partition coefficient (Wildman–Crippen LogP) is 3.33. The summed E-state index contributed by atoms with van der Waals surface area (Å²) in [4.78, 5) is 0. The standard InChI is InChI=1S/C21H21Se/c1-17(2)18-13-15-21(16-14-18)22(19-9-5-3-6-10-19)20-11-7-4-8-12-20/h3-17H,1-2H3/q+1. The molecule has 0 fully saturated rings. The topological polar surface area (TPSA) is 0 Å². The van der Waals surface area contributed by atoms with Crippen LogP contribution in [-0.2, 0) is 0 Å². The zero-order valence-corrected chi connectivity index (χ0v) is 14.8. The van der Waals surface area contributed by atoms with E-state index in [0.29, 0.717) is 5.92 Å². The molecule has 0 saturated carbocycles. The van der Waals surface area contributed by atoms with E-state index in [9.17, 15) is 0 Å². The van der Waals surface area contributed by atoms with E-state index in [4.69, 9.17) is 0 Å². The molecule has 0 bridgehead atoms. The van der Waals surface area contributed by atoms with Crippen LogP contribution < -0.4 is 13.4 Å². The summed E-state index contributed by atoms with van der Waals surface area (Å²) >= 11 is -1.20. The van der Waals surface area contributed by atoms with Crippen LogP contribution in [0.5, 0.6) is 0 Å². The van der Waals surface area contributed by atoms with E-state index in [1.807, 2.05) is 0 Å². The molecule has 3 aromatic carbocycles. The summed E-state index contributed by atoms with van der Waals surface area (Å²) in [5.74, 6) is 0.584. The van der Waals surface area contributed by atoms with Gasteiger partial charge in [0, 0.05) is 0 Å². The maximum atomic E-state index is 2.33. The first-order chi connectivity index (χ1) is 10.8. The number of rotatable bonds is 4. The van der Waals surface area contributed by atoms with Gasteiger partial charge in [-0.3, -0.25) is 0 Å². The van der Waals surface area contributed by atoms with Crippen LogP contribution in [0.1, 0.15) is 25.3 Å². The Morgan fingerprint density at radius 2 is 0.955 bits per heavy atom. The summed E-state index contributed by atoms with van der Waals surface area (Å²) in [5, 5.41) is 0. The third kappa shape index (κ3) is 3.32. The molecule has 0 N–H and O–H groups in total. The maximum absolute atomic E-state index is 2.33. The molecule has 0 unspecified atom stereocenters. The fraction of sp³-hybridized carbons (Fsp3) is 0.143. The SMILES string of the molecule is CC(C)c1ccc([Se+](c2ccccc2)c2ccccc2)cc1. The summed E-state index contributed by atoms with van der Waals surface area (Å²) in [6, 6.07) is 31.1. The Balaban J connectivity index is 2.06. The van der Waals surface area contributed by atoms with Gasteiger partial charge in [0.15, 0.2) is 0 Å². The van der Waals surface area contributed by atoms with Crippen LogP contribution >= 0.6 is 0 Å². The van der Waals surface area contributed by atoms with Crippen LogP contribution in [0.2, 0.25) is 0 Å². The Kier molecular flexibility index (Phi) is 4.77. The van der Waals surface area contributed by atoms with Gasteiger partial charge in [-0.25, -0.2) is 0 Å². The monoisotopic (exact) mass is 353 g/mol. The van der Waals surface area contributed by atoms with E-state index in [1.165, 1.54) is 18.9 Å². The van der Waals surface area contributed by atoms with Crippen molar-refractivity contribution >= 4 is 27.3 Å². The van der Waals surface area contributed by atoms with Crippen molar-refractivity contribution in [3.05, 3.63) is 90.5 Å². The minimum atomic E-state index is -1.20. The summed E-state index contributed by atoms with van der Waals surface area (Å²) in [6.07, 6.45) is 0. The van der Waals surface area contributed by atoms with Crippen molar-refractivity contribution in [1.29, 1.82) is 0 Å². The summed E-state index contributed by atoms with van der Waals surface area (Å²) < 4.78 is 4.40. The normalized spacial score (nSPS) is 11.1. The van der Waals surface area contributed by atoms with Crippen molar-refractivity contribution in [2.75, 3.05) is 0 Å². The van der Waals surface area contributed by atoms with Crippen molar-refractivity contribution in [2.24, 2.45) is 0 Å². The molecule has 0 aliphatic carbocycles. The molecule has 0 radical (unpaired) electrons. The van der Waals surface area contributed by atoms with Crippen LogP contribution in [0.15, 0.2) is 84.9 Å². The van der Waals surface area contributed by atoms with Crippen LogP contribution in [0.3, 0.4) is 0 Å². The Morgan fingerprint density at radius 3 is 1.36 bits per heavy atom. The van der Waals surface area contributed by atoms with Crippen LogP contribution in [0, 0.1) is 0 Å². The molecule has 1 heteroatoms. The van der Waals surface area contributed by atoms with Gasteiger partial charge in [0.05, 0.1) is 0 Å². The van der Waals surface area contributed by atoms with E-state index in [0.717, 1.165) is 0 Å². The first-order valence-electron chi connectivity index (χ1n) is 7.70. The van der Waals surface area contributed by atoms with Crippen LogP contribution in [0.25, 0.3) is 0 Å². The minimum absolute atomic E-state index is 0.584. The molecule has 0 nitrogen and oxygen atoms in total. The molecule has 0 saturated heterocycles. The van der Waals surface area contributed by atoms with Crippen molar-refractivity contribution in [1.82, 2.24) is 0 Å².